The Hall–Kier alpha value is -3.81. The van der Waals surface area contributed by atoms with Gasteiger partial charge in [0, 0.05) is 5.56 Å². The summed E-state index contributed by atoms with van der Waals surface area (Å²) in [6.45, 7) is -0.486. The fraction of sp³-hybridized carbons (Fsp3) is 0.190. The number of hydrogen-bond donors (Lipinski definition) is 2. The summed E-state index contributed by atoms with van der Waals surface area (Å²) in [5, 5.41) is 20.7. The Labute approximate surface area is 166 Å². The van der Waals surface area contributed by atoms with Crippen LogP contribution in [0.3, 0.4) is 0 Å². The molecule has 1 unspecified atom stereocenters. The zero-order chi connectivity index (χ0) is 21.1. The fourth-order valence-electron chi connectivity index (χ4n) is 3.21. The molecule has 1 fully saturated rings. The van der Waals surface area contributed by atoms with Crippen molar-refractivity contribution in [1.82, 2.24) is 4.90 Å². The third-order valence-electron chi connectivity index (χ3n) is 4.63. The standard InChI is InChI=1S/C21H19NO7/c1-28-15-10-13(8-9-14(15)23)18-17(19(25)12-6-4-3-5-7-12)20(26)21(27)22(18)11-16(24)29-2/h3-10,18,23,25H,11H2,1-2H3/b19-17-. The van der Waals surface area contributed by atoms with Crippen LogP contribution in [0.4, 0.5) is 0 Å². The number of rotatable bonds is 5. The largest absolute Gasteiger partial charge is 0.507 e. The van der Waals surface area contributed by atoms with Crippen LogP contribution in [0, 0.1) is 0 Å². The number of phenols is 1. The fourth-order valence-corrected chi connectivity index (χ4v) is 3.21. The first kappa shape index (κ1) is 19.9. The van der Waals surface area contributed by atoms with E-state index in [1.165, 1.54) is 32.4 Å². The van der Waals surface area contributed by atoms with Crippen LogP contribution in [-0.2, 0) is 19.1 Å². The molecule has 2 aromatic carbocycles. The van der Waals surface area contributed by atoms with Crippen molar-refractivity contribution in [2.45, 2.75) is 6.04 Å². The van der Waals surface area contributed by atoms with Gasteiger partial charge in [-0.15, -0.1) is 0 Å². The average molecular weight is 397 g/mol. The van der Waals surface area contributed by atoms with Crippen LogP contribution in [0.15, 0.2) is 54.1 Å². The van der Waals surface area contributed by atoms with E-state index in [0.717, 1.165) is 4.90 Å². The number of aliphatic hydroxyl groups excluding tert-OH is 1. The number of likely N-dealkylation sites (tertiary alicyclic amines) is 1. The quantitative estimate of drug-likeness (QED) is 0.343. The molecule has 0 aliphatic carbocycles. The van der Waals surface area contributed by atoms with Gasteiger partial charge in [0.1, 0.15) is 12.3 Å². The van der Waals surface area contributed by atoms with Crippen molar-refractivity contribution in [2.24, 2.45) is 0 Å². The molecule has 8 nitrogen and oxygen atoms in total. The molecule has 1 heterocycles. The normalized spacial score (nSPS) is 18.0. The number of hydrogen-bond acceptors (Lipinski definition) is 7. The summed E-state index contributed by atoms with van der Waals surface area (Å²) in [5.41, 5.74) is 0.553. The van der Waals surface area contributed by atoms with Crippen molar-refractivity contribution in [3.8, 4) is 11.5 Å². The van der Waals surface area contributed by atoms with Gasteiger partial charge in [0.2, 0.25) is 0 Å². The van der Waals surface area contributed by atoms with Gasteiger partial charge < -0.3 is 24.6 Å². The van der Waals surface area contributed by atoms with E-state index in [1.54, 1.807) is 30.3 Å². The van der Waals surface area contributed by atoms with Crippen molar-refractivity contribution in [2.75, 3.05) is 20.8 Å². The molecule has 3 rings (SSSR count). The second kappa shape index (κ2) is 8.05. The number of amides is 1. The number of phenolic OH excluding ortho intramolecular Hbond substituents is 1. The number of ether oxygens (including phenoxy) is 2. The Morgan fingerprint density at radius 2 is 1.79 bits per heavy atom. The number of ketones is 1. The van der Waals surface area contributed by atoms with Crippen LogP contribution in [-0.4, -0.2) is 53.5 Å². The molecule has 29 heavy (non-hydrogen) atoms. The minimum absolute atomic E-state index is 0.117. The number of benzene rings is 2. The van der Waals surface area contributed by atoms with Gasteiger partial charge in [-0.05, 0) is 17.7 Å². The molecule has 8 heteroatoms. The van der Waals surface area contributed by atoms with E-state index in [9.17, 15) is 24.6 Å². The second-order valence-corrected chi connectivity index (χ2v) is 6.30. The van der Waals surface area contributed by atoms with Crippen molar-refractivity contribution in [3.63, 3.8) is 0 Å². The highest BCUT2D eigenvalue weighted by Gasteiger charge is 2.47. The third kappa shape index (κ3) is 3.64. The Morgan fingerprint density at radius 1 is 1.10 bits per heavy atom. The van der Waals surface area contributed by atoms with Crippen LogP contribution in [0.2, 0.25) is 0 Å². The van der Waals surface area contributed by atoms with E-state index < -0.39 is 30.2 Å². The molecular weight excluding hydrogens is 378 g/mol. The first-order chi connectivity index (χ1) is 13.9. The number of aliphatic hydroxyl groups is 1. The van der Waals surface area contributed by atoms with Crippen molar-refractivity contribution in [1.29, 1.82) is 0 Å². The van der Waals surface area contributed by atoms with Crippen molar-refractivity contribution < 1.29 is 34.1 Å². The minimum atomic E-state index is -1.07. The van der Waals surface area contributed by atoms with Gasteiger partial charge in [-0.25, -0.2) is 0 Å². The summed E-state index contributed by atoms with van der Waals surface area (Å²) in [4.78, 5) is 38.3. The molecule has 1 atom stereocenters. The van der Waals surface area contributed by atoms with E-state index in [4.69, 9.17) is 4.74 Å². The molecule has 1 aliphatic heterocycles. The van der Waals surface area contributed by atoms with Crippen LogP contribution in [0.25, 0.3) is 5.76 Å². The third-order valence-corrected chi connectivity index (χ3v) is 4.63. The summed E-state index contributed by atoms with van der Waals surface area (Å²) in [6, 6.07) is 11.5. The zero-order valence-electron chi connectivity index (χ0n) is 15.8. The van der Waals surface area contributed by atoms with Gasteiger partial charge in [-0.2, -0.15) is 0 Å². The lowest BCUT2D eigenvalue weighted by molar-refractivity contribution is -0.148. The molecule has 0 saturated carbocycles. The van der Waals surface area contributed by atoms with Crippen molar-refractivity contribution >= 4 is 23.4 Å². The molecular formula is C21H19NO7. The predicted octanol–water partition coefficient (Wildman–Crippen LogP) is 2.00. The Morgan fingerprint density at radius 3 is 2.41 bits per heavy atom. The minimum Gasteiger partial charge on any atom is -0.507 e. The zero-order valence-corrected chi connectivity index (χ0v) is 15.8. The highest BCUT2D eigenvalue weighted by molar-refractivity contribution is 6.46. The van der Waals surface area contributed by atoms with Gasteiger partial charge in [-0.3, -0.25) is 14.4 Å². The maximum absolute atomic E-state index is 12.8. The number of methoxy groups -OCH3 is 2. The molecule has 0 spiro atoms. The van der Waals surface area contributed by atoms with E-state index in [0.29, 0.717) is 11.1 Å². The molecule has 0 aromatic heterocycles. The summed E-state index contributed by atoms with van der Waals surface area (Å²) in [5.74, 6) is -2.97. The molecule has 1 amide bonds. The molecule has 2 aromatic rings. The van der Waals surface area contributed by atoms with Gasteiger partial charge in [0.25, 0.3) is 11.7 Å². The Balaban J connectivity index is 2.21. The summed E-state index contributed by atoms with van der Waals surface area (Å²) in [7, 11) is 2.52. The number of carbonyl (C=O) groups excluding carboxylic acids is 3. The average Bonchev–Trinajstić information content (AvgIpc) is 2.99. The molecule has 150 valence electrons. The van der Waals surface area contributed by atoms with Crippen molar-refractivity contribution in [3.05, 3.63) is 65.2 Å². The van der Waals surface area contributed by atoms with Gasteiger partial charge in [-0.1, -0.05) is 36.4 Å². The van der Waals surface area contributed by atoms with Gasteiger partial charge >= 0.3 is 5.97 Å². The van der Waals surface area contributed by atoms with Crippen LogP contribution >= 0.6 is 0 Å². The predicted molar refractivity (Wildman–Crippen MR) is 102 cm³/mol. The maximum Gasteiger partial charge on any atom is 0.325 e. The molecule has 1 saturated heterocycles. The maximum atomic E-state index is 12.8. The van der Waals surface area contributed by atoms with Crippen LogP contribution in [0.5, 0.6) is 11.5 Å². The monoisotopic (exact) mass is 397 g/mol. The molecule has 0 bridgehead atoms. The number of esters is 1. The summed E-state index contributed by atoms with van der Waals surface area (Å²) in [6.07, 6.45) is 0. The SMILES string of the molecule is COC(=O)CN1C(=O)C(=O)/C(=C(\O)c2ccccc2)C1c1ccc(O)c(OC)c1. The number of aromatic hydroxyl groups is 1. The van der Waals surface area contributed by atoms with Gasteiger partial charge in [0.15, 0.2) is 11.5 Å². The molecule has 1 aliphatic rings. The Kier molecular flexibility index (Phi) is 5.54. The number of nitrogens with zero attached hydrogens (tertiary/aromatic N) is 1. The van der Waals surface area contributed by atoms with Gasteiger partial charge in [0.05, 0.1) is 25.8 Å². The van der Waals surface area contributed by atoms with E-state index in [2.05, 4.69) is 4.74 Å². The summed E-state index contributed by atoms with van der Waals surface area (Å²) >= 11 is 0. The topological polar surface area (TPSA) is 113 Å². The first-order valence-corrected chi connectivity index (χ1v) is 8.66. The lowest BCUT2D eigenvalue weighted by Gasteiger charge is -2.24. The summed E-state index contributed by atoms with van der Waals surface area (Å²) < 4.78 is 9.75. The number of Topliss-reactive ketones (excluding diaryl/α,β-unsaturated/α-hetero) is 1. The molecule has 0 radical (unpaired) electrons. The van der Waals surface area contributed by atoms with E-state index in [-0.39, 0.29) is 22.8 Å². The second-order valence-electron chi connectivity index (χ2n) is 6.30. The molecule has 2 N–H and O–H groups in total. The van der Waals surface area contributed by atoms with E-state index in [1.807, 2.05) is 0 Å². The number of carbonyl (C=O) groups is 3. The first-order valence-electron chi connectivity index (χ1n) is 8.66. The highest BCUT2D eigenvalue weighted by atomic mass is 16.5. The Bertz CT molecular complexity index is 997. The smallest absolute Gasteiger partial charge is 0.325 e. The van der Waals surface area contributed by atoms with Crippen LogP contribution < -0.4 is 4.74 Å². The highest BCUT2D eigenvalue weighted by Crippen LogP contribution is 2.41. The lowest BCUT2D eigenvalue weighted by atomic mass is 9.95. The lowest BCUT2D eigenvalue weighted by Crippen LogP contribution is -2.35. The van der Waals surface area contributed by atoms with Crippen LogP contribution in [0.1, 0.15) is 17.2 Å². The van der Waals surface area contributed by atoms with E-state index >= 15 is 0 Å².